The lowest BCUT2D eigenvalue weighted by Gasteiger charge is -2.39. The molecule has 0 saturated carbocycles. The molecule has 1 fully saturated rings. The minimum absolute atomic E-state index is 0.0886. The van der Waals surface area contributed by atoms with Gasteiger partial charge < -0.3 is 39.4 Å². The third-order valence-electron chi connectivity index (χ3n) is 7.72. The average molecular weight is 665 g/mol. The Labute approximate surface area is 284 Å². The molecule has 270 valence electrons. The van der Waals surface area contributed by atoms with Crippen LogP contribution < -0.4 is 0 Å². The Morgan fingerprint density at radius 3 is 1.83 bits per heavy atom. The van der Waals surface area contributed by atoms with Gasteiger partial charge in [-0.3, -0.25) is 4.79 Å². The van der Waals surface area contributed by atoms with Crippen molar-refractivity contribution < 1.29 is 44.2 Å². The van der Waals surface area contributed by atoms with E-state index in [1.54, 1.807) is 0 Å². The predicted octanol–water partition coefficient (Wildman–Crippen LogP) is 6.40. The molecule has 0 aromatic carbocycles. The van der Waals surface area contributed by atoms with Crippen molar-refractivity contribution in [3.05, 3.63) is 60.8 Å². The van der Waals surface area contributed by atoms with Gasteiger partial charge in [-0.25, -0.2) is 0 Å². The maximum absolute atomic E-state index is 12.6. The molecule has 1 aliphatic heterocycles. The lowest BCUT2D eigenvalue weighted by atomic mass is 9.99. The van der Waals surface area contributed by atoms with E-state index in [1.165, 1.54) is 32.1 Å². The van der Waals surface area contributed by atoms with Gasteiger partial charge in [-0.05, 0) is 44.9 Å². The smallest absolute Gasteiger partial charge is 0.306 e. The molecular formula is C38H64O9. The van der Waals surface area contributed by atoms with Gasteiger partial charge in [0.05, 0.1) is 26.4 Å². The number of ether oxygens (including phenoxy) is 4. The molecule has 0 amide bonds. The van der Waals surface area contributed by atoms with Crippen molar-refractivity contribution in [2.45, 2.75) is 147 Å². The number of carbonyl (C=O) groups is 1. The second-order valence-corrected chi connectivity index (χ2v) is 11.9. The van der Waals surface area contributed by atoms with E-state index in [0.717, 1.165) is 51.4 Å². The summed E-state index contributed by atoms with van der Waals surface area (Å²) in [5.41, 5.74) is 0. The molecule has 0 spiro atoms. The maximum atomic E-state index is 12.6. The number of esters is 1. The van der Waals surface area contributed by atoms with Crippen LogP contribution >= 0.6 is 0 Å². The highest BCUT2D eigenvalue weighted by atomic mass is 16.7. The minimum Gasteiger partial charge on any atom is -0.457 e. The molecule has 6 atom stereocenters. The van der Waals surface area contributed by atoms with Gasteiger partial charge in [-0.1, -0.05) is 120 Å². The number of allylic oxidation sites excluding steroid dienone is 9. The van der Waals surface area contributed by atoms with Crippen LogP contribution in [0.4, 0.5) is 0 Å². The van der Waals surface area contributed by atoms with Gasteiger partial charge in [-0.2, -0.15) is 0 Å². The Hall–Kier alpha value is -2.11. The van der Waals surface area contributed by atoms with Gasteiger partial charge in [0.1, 0.15) is 30.5 Å². The molecule has 0 bridgehead atoms. The van der Waals surface area contributed by atoms with E-state index < -0.39 is 43.4 Å². The SMILES string of the molecule is CC/C=C\C/C=C\C/C=C\C/C=C\C/C=C\CCOCC(COC1OC(CO)C(O)C(O)C1O)OC(=O)CCCCCCCCCC. The van der Waals surface area contributed by atoms with Gasteiger partial charge in [0, 0.05) is 6.42 Å². The number of carbonyl (C=O) groups excluding carboxylic acids is 1. The minimum atomic E-state index is -1.55. The quantitative estimate of drug-likeness (QED) is 0.0426. The lowest BCUT2D eigenvalue weighted by Crippen LogP contribution is -2.59. The van der Waals surface area contributed by atoms with Gasteiger partial charge in [-0.15, -0.1) is 0 Å². The van der Waals surface area contributed by atoms with Crippen molar-refractivity contribution >= 4 is 5.97 Å². The van der Waals surface area contributed by atoms with Crippen LogP contribution in [-0.2, 0) is 23.7 Å². The Morgan fingerprint density at radius 2 is 1.26 bits per heavy atom. The van der Waals surface area contributed by atoms with Crippen LogP contribution in [0, 0.1) is 0 Å². The first-order valence-corrected chi connectivity index (χ1v) is 17.9. The largest absolute Gasteiger partial charge is 0.457 e. The maximum Gasteiger partial charge on any atom is 0.306 e. The Morgan fingerprint density at radius 1 is 0.702 bits per heavy atom. The molecule has 1 aliphatic rings. The molecule has 1 heterocycles. The van der Waals surface area contributed by atoms with Crippen molar-refractivity contribution in [1.29, 1.82) is 0 Å². The van der Waals surface area contributed by atoms with E-state index >= 15 is 0 Å². The van der Waals surface area contributed by atoms with E-state index in [-0.39, 0.29) is 19.2 Å². The number of hydrogen-bond donors (Lipinski definition) is 4. The second-order valence-electron chi connectivity index (χ2n) is 11.9. The zero-order chi connectivity index (χ0) is 34.4. The monoisotopic (exact) mass is 664 g/mol. The van der Waals surface area contributed by atoms with Crippen LogP contribution in [0.15, 0.2) is 60.8 Å². The summed E-state index contributed by atoms with van der Waals surface area (Å²) in [6, 6.07) is 0. The Bertz CT molecular complexity index is 896. The molecular weight excluding hydrogens is 600 g/mol. The molecule has 1 rings (SSSR count). The highest BCUT2D eigenvalue weighted by molar-refractivity contribution is 5.69. The molecule has 1 saturated heterocycles. The van der Waals surface area contributed by atoms with Crippen LogP contribution in [0.25, 0.3) is 0 Å². The second kappa shape index (κ2) is 30.0. The van der Waals surface area contributed by atoms with Gasteiger partial charge >= 0.3 is 5.97 Å². The number of aliphatic hydroxyl groups excluding tert-OH is 4. The Balaban J connectivity index is 2.41. The highest BCUT2D eigenvalue weighted by Gasteiger charge is 2.44. The summed E-state index contributed by atoms with van der Waals surface area (Å²) in [4.78, 5) is 12.6. The summed E-state index contributed by atoms with van der Waals surface area (Å²) >= 11 is 0. The van der Waals surface area contributed by atoms with Crippen molar-refractivity contribution in [3.63, 3.8) is 0 Å². The van der Waals surface area contributed by atoms with Crippen molar-refractivity contribution in [3.8, 4) is 0 Å². The zero-order valence-corrected chi connectivity index (χ0v) is 29.0. The number of unbranched alkanes of at least 4 members (excludes halogenated alkanes) is 7. The van der Waals surface area contributed by atoms with Gasteiger partial charge in [0.2, 0.25) is 0 Å². The molecule has 47 heavy (non-hydrogen) atoms. The van der Waals surface area contributed by atoms with E-state index in [4.69, 9.17) is 18.9 Å². The first-order chi connectivity index (χ1) is 22.9. The van der Waals surface area contributed by atoms with E-state index in [0.29, 0.717) is 19.4 Å². The number of aliphatic hydroxyl groups is 4. The fourth-order valence-electron chi connectivity index (χ4n) is 4.91. The van der Waals surface area contributed by atoms with Crippen LogP contribution in [-0.4, -0.2) is 89.6 Å². The zero-order valence-electron chi connectivity index (χ0n) is 29.0. The normalized spacial score (nSPS) is 22.9. The average Bonchev–Trinajstić information content (AvgIpc) is 3.07. The van der Waals surface area contributed by atoms with E-state index in [1.807, 2.05) is 6.08 Å². The van der Waals surface area contributed by atoms with Crippen molar-refractivity contribution in [1.82, 2.24) is 0 Å². The topological polar surface area (TPSA) is 135 Å². The standard InChI is InChI=1S/C38H64O9/c1-3-5-7-9-11-13-14-15-16-17-18-19-20-22-24-26-28-44-30-32(46-34(40)27-25-23-21-12-10-8-6-4-2)31-45-38-37(43)36(42)35(41)33(29-39)47-38/h5,7,11,13,15-16,18-19,22,24,32-33,35-39,41-43H,3-4,6,8-10,12,14,17,20-21,23,25-31H2,1-2H3/b7-5-,13-11-,16-15-,19-18-,24-22-. The molecule has 0 radical (unpaired) electrons. The van der Waals surface area contributed by atoms with Crippen LogP contribution in [0.3, 0.4) is 0 Å². The lowest BCUT2D eigenvalue weighted by molar-refractivity contribution is -0.305. The van der Waals surface area contributed by atoms with Crippen molar-refractivity contribution in [2.75, 3.05) is 26.4 Å². The molecule has 6 unspecified atom stereocenters. The van der Waals surface area contributed by atoms with E-state index in [2.05, 4.69) is 68.5 Å². The highest BCUT2D eigenvalue weighted by Crippen LogP contribution is 2.22. The predicted molar refractivity (Wildman–Crippen MR) is 187 cm³/mol. The first-order valence-electron chi connectivity index (χ1n) is 17.9. The molecule has 0 aromatic rings. The third kappa shape index (κ3) is 22.2. The summed E-state index contributed by atoms with van der Waals surface area (Å²) in [5.74, 6) is -0.347. The van der Waals surface area contributed by atoms with E-state index in [9.17, 15) is 25.2 Å². The summed E-state index contributed by atoms with van der Waals surface area (Å²) in [5, 5.41) is 39.8. The summed E-state index contributed by atoms with van der Waals surface area (Å²) in [6.45, 7) is 4.15. The van der Waals surface area contributed by atoms with Crippen LogP contribution in [0.2, 0.25) is 0 Å². The molecule has 0 aromatic heterocycles. The van der Waals surface area contributed by atoms with Gasteiger partial charge in [0.15, 0.2) is 6.29 Å². The number of rotatable bonds is 28. The van der Waals surface area contributed by atoms with Gasteiger partial charge in [0.25, 0.3) is 0 Å². The summed E-state index contributed by atoms with van der Waals surface area (Å²) < 4.78 is 22.5. The molecule has 9 nitrogen and oxygen atoms in total. The third-order valence-corrected chi connectivity index (χ3v) is 7.72. The fraction of sp³-hybridized carbons (Fsp3) is 0.711. The van der Waals surface area contributed by atoms with Crippen molar-refractivity contribution in [2.24, 2.45) is 0 Å². The summed E-state index contributed by atoms with van der Waals surface area (Å²) in [7, 11) is 0. The molecule has 9 heteroatoms. The Kier molecular flexibility index (Phi) is 27.4. The van der Waals surface area contributed by atoms with Crippen LogP contribution in [0.1, 0.15) is 110 Å². The summed E-state index contributed by atoms with van der Waals surface area (Å²) in [6.07, 6.45) is 28.5. The first kappa shape index (κ1) is 42.9. The molecule has 4 N–H and O–H groups in total. The van der Waals surface area contributed by atoms with Crippen LogP contribution in [0.5, 0.6) is 0 Å². The molecule has 0 aliphatic carbocycles. The fourth-order valence-corrected chi connectivity index (χ4v) is 4.91. The number of hydrogen-bond acceptors (Lipinski definition) is 9.